The van der Waals surface area contributed by atoms with Gasteiger partial charge in [-0.2, -0.15) is 0 Å². The van der Waals surface area contributed by atoms with Gasteiger partial charge >= 0.3 is 0 Å². The van der Waals surface area contributed by atoms with Crippen LogP contribution in [-0.2, 0) is 0 Å². The minimum absolute atomic E-state index is 0.943. The van der Waals surface area contributed by atoms with Crippen molar-refractivity contribution in [1.82, 2.24) is 10.2 Å². The van der Waals surface area contributed by atoms with E-state index >= 15 is 0 Å². The maximum atomic E-state index is 3.45. The molecule has 0 amide bonds. The van der Waals surface area contributed by atoms with Crippen LogP contribution in [0.3, 0.4) is 0 Å². The van der Waals surface area contributed by atoms with E-state index in [2.05, 4.69) is 60.5 Å². The summed E-state index contributed by atoms with van der Waals surface area (Å²) in [4.78, 5) is 2.48. The molecule has 0 saturated heterocycles. The third kappa shape index (κ3) is 6.58. The fourth-order valence-corrected chi connectivity index (χ4v) is 1.93. The first kappa shape index (κ1) is 14.9. The number of likely N-dealkylation sites (N-methyl/N-ethyl adjacent to an activating group) is 1. The predicted octanol–water partition coefficient (Wildman–Crippen LogP) is 3.02. The molecule has 0 saturated carbocycles. The van der Waals surface area contributed by atoms with Gasteiger partial charge in [0.2, 0.25) is 0 Å². The molecule has 0 radical (unpaired) electrons. The molecule has 18 heavy (non-hydrogen) atoms. The van der Waals surface area contributed by atoms with Gasteiger partial charge in [-0.05, 0) is 25.1 Å². The van der Waals surface area contributed by atoms with Crippen molar-refractivity contribution in [2.24, 2.45) is 0 Å². The summed E-state index contributed by atoms with van der Waals surface area (Å²) in [6, 6.07) is 10.4. The Morgan fingerprint density at radius 3 is 2.56 bits per heavy atom. The van der Waals surface area contributed by atoms with Gasteiger partial charge in [-0.1, -0.05) is 56.3 Å². The van der Waals surface area contributed by atoms with Crippen LogP contribution < -0.4 is 5.32 Å². The molecule has 0 aliphatic rings. The molecule has 100 valence electrons. The second kappa shape index (κ2) is 9.86. The van der Waals surface area contributed by atoms with Gasteiger partial charge in [-0.3, -0.25) is 0 Å². The molecule has 0 aromatic heterocycles. The summed E-state index contributed by atoms with van der Waals surface area (Å²) in [5, 5.41) is 3.45. The van der Waals surface area contributed by atoms with Crippen molar-refractivity contribution in [3.63, 3.8) is 0 Å². The van der Waals surface area contributed by atoms with Crippen LogP contribution in [0.5, 0.6) is 0 Å². The van der Waals surface area contributed by atoms with Crippen molar-refractivity contribution in [3.8, 4) is 0 Å². The molecule has 1 aromatic rings. The van der Waals surface area contributed by atoms with Crippen LogP contribution in [-0.4, -0.2) is 37.6 Å². The first-order valence-electron chi connectivity index (χ1n) is 7.01. The van der Waals surface area contributed by atoms with Gasteiger partial charge in [0.15, 0.2) is 0 Å². The second-order valence-corrected chi connectivity index (χ2v) is 4.45. The smallest absolute Gasteiger partial charge is 0.0138 e. The summed E-state index contributed by atoms with van der Waals surface area (Å²) in [7, 11) is 0. The number of nitrogens with one attached hydrogen (secondary N) is 1. The van der Waals surface area contributed by atoms with E-state index in [4.69, 9.17) is 0 Å². The maximum Gasteiger partial charge on any atom is 0.0138 e. The van der Waals surface area contributed by atoms with Gasteiger partial charge in [-0.15, -0.1) is 0 Å². The van der Waals surface area contributed by atoms with E-state index in [-0.39, 0.29) is 0 Å². The Bertz CT molecular complexity index is 319. The molecule has 0 atom stereocenters. The lowest BCUT2D eigenvalue weighted by Gasteiger charge is -2.19. The van der Waals surface area contributed by atoms with Crippen molar-refractivity contribution in [1.29, 1.82) is 0 Å². The molecule has 0 aliphatic heterocycles. The van der Waals surface area contributed by atoms with Gasteiger partial charge in [0, 0.05) is 19.6 Å². The van der Waals surface area contributed by atoms with E-state index in [1.165, 1.54) is 18.5 Å². The molecule has 0 aliphatic carbocycles. The third-order valence-electron chi connectivity index (χ3n) is 2.96. The number of hydrogen-bond donors (Lipinski definition) is 1. The van der Waals surface area contributed by atoms with Gasteiger partial charge < -0.3 is 10.2 Å². The summed E-state index contributed by atoms with van der Waals surface area (Å²) in [5.74, 6) is 0. The minimum atomic E-state index is 0.943. The number of hydrogen-bond acceptors (Lipinski definition) is 2. The van der Waals surface area contributed by atoms with Crippen molar-refractivity contribution < 1.29 is 0 Å². The van der Waals surface area contributed by atoms with Gasteiger partial charge in [-0.25, -0.2) is 0 Å². The fraction of sp³-hybridized carbons (Fsp3) is 0.500. The first-order chi connectivity index (χ1) is 8.86. The van der Waals surface area contributed by atoms with Crippen molar-refractivity contribution in [2.45, 2.75) is 20.3 Å². The topological polar surface area (TPSA) is 15.3 Å². The largest absolute Gasteiger partial charge is 0.312 e. The summed E-state index contributed by atoms with van der Waals surface area (Å²) >= 11 is 0. The van der Waals surface area contributed by atoms with Crippen LogP contribution in [0.4, 0.5) is 0 Å². The Labute approximate surface area is 112 Å². The molecular weight excluding hydrogens is 220 g/mol. The lowest BCUT2D eigenvalue weighted by Crippen LogP contribution is -2.32. The molecule has 0 unspecified atom stereocenters. The second-order valence-electron chi connectivity index (χ2n) is 4.45. The highest BCUT2D eigenvalue weighted by molar-refractivity contribution is 5.48. The summed E-state index contributed by atoms with van der Waals surface area (Å²) < 4.78 is 0. The highest BCUT2D eigenvalue weighted by Crippen LogP contribution is 1.99. The van der Waals surface area contributed by atoms with Crippen LogP contribution >= 0.6 is 0 Å². The average molecular weight is 246 g/mol. The number of rotatable bonds is 9. The Hall–Kier alpha value is -1.12. The molecule has 0 fully saturated rings. The minimum Gasteiger partial charge on any atom is -0.312 e. The van der Waals surface area contributed by atoms with E-state index in [9.17, 15) is 0 Å². The third-order valence-corrected chi connectivity index (χ3v) is 2.96. The summed E-state index contributed by atoms with van der Waals surface area (Å²) in [6.45, 7) is 9.96. The van der Waals surface area contributed by atoms with Crippen molar-refractivity contribution >= 4 is 6.08 Å². The zero-order chi connectivity index (χ0) is 13.1. The van der Waals surface area contributed by atoms with E-state index in [1.807, 2.05) is 6.07 Å². The SMILES string of the molecule is CCCN(CC)CCNC/C=C/c1ccccc1. The lowest BCUT2D eigenvalue weighted by molar-refractivity contribution is 0.289. The highest BCUT2D eigenvalue weighted by Gasteiger charge is 1.98. The Morgan fingerprint density at radius 1 is 1.11 bits per heavy atom. The quantitative estimate of drug-likeness (QED) is 0.674. The number of nitrogens with zero attached hydrogens (tertiary/aromatic N) is 1. The first-order valence-corrected chi connectivity index (χ1v) is 7.01. The summed E-state index contributed by atoms with van der Waals surface area (Å²) in [5.41, 5.74) is 1.26. The van der Waals surface area contributed by atoms with Gasteiger partial charge in [0.05, 0.1) is 0 Å². The van der Waals surface area contributed by atoms with Crippen molar-refractivity contribution in [3.05, 3.63) is 42.0 Å². The lowest BCUT2D eigenvalue weighted by atomic mass is 10.2. The molecule has 1 N–H and O–H groups in total. The van der Waals surface area contributed by atoms with Crippen LogP contribution in [0, 0.1) is 0 Å². The molecule has 2 heteroatoms. The molecule has 2 nitrogen and oxygen atoms in total. The standard InChI is InChI=1S/C16H26N2/c1-3-14-18(4-2)15-13-17-12-8-11-16-9-6-5-7-10-16/h5-11,17H,3-4,12-15H2,1-2H3/b11-8+. The molecule has 0 spiro atoms. The number of benzene rings is 1. The Morgan fingerprint density at radius 2 is 1.89 bits per heavy atom. The Balaban J connectivity index is 2.10. The van der Waals surface area contributed by atoms with E-state index in [0.717, 1.165) is 26.2 Å². The zero-order valence-corrected chi connectivity index (χ0v) is 11.7. The predicted molar refractivity (Wildman–Crippen MR) is 80.8 cm³/mol. The van der Waals surface area contributed by atoms with Crippen LogP contribution in [0.1, 0.15) is 25.8 Å². The van der Waals surface area contributed by atoms with Crippen LogP contribution in [0.15, 0.2) is 36.4 Å². The van der Waals surface area contributed by atoms with Crippen LogP contribution in [0.2, 0.25) is 0 Å². The van der Waals surface area contributed by atoms with Gasteiger partial charge in [0.25, 0.3) is 0 Å². The van der Waals surface area contributed by atoms with E-state index < -0.39 is 0 Å². The molecule has 1 rings (SSSR count). The highest BCUT2D eigenvalue weighted by atomic mass is 15.1. The van der Waals surface area contributed by atoms with E-state index in [1.54, 1.807) is 0 Å². The molecular formula is C16H26N2. The van der Waals surface area contributed by atoms with Crippen LogP contribution in [0.25, 0.3) is 6.08 Å². The molecule has 0 heterocycles. The molecule has 1 aromatic carbocycles. The monoisotopic (exact) mass is 246 g/mol. The molecule has 0 bridgehead atoms. The normalized spacial score (nSPS) is 11.5. The maximum absolute atomic E-state index is 3.45. The van der Waals surface area contributed by atoms with Gasteiger partial charge in [0.1, 0.15) is 0 Å². The summed E-state index contributed by atoms with van der Waals surface area (Å²) in [6.07, 6.45) is 5.59. The fourth-order valence-electron chi connectivity index (χ4n) is 1.93. The zero-order valence-electron chi connectivity index (χ0n) is 11.7. The average Bonchev–Trinajstić information content (AvgIpc) is 2.42. The van der Waals surface area contributed by atoms with E-state index in [0.29, 0.717) is 0 Å². The van der Waals surface area contributed by atoms with Crippen molar-refractivity contribution in [2.75, 3.05) is 32.7 Å². The Kier molecular flexibility index (Phi) is 8.19.